The lowest BCUT2D eigenvalue weighted by Gasteiger charge is -2.23. The van der Waals surface area contributed by atoms with Crippen LogP contribution in [0.25, 0.3) is 0 Å². The maximum atomic E-state index is 14.3. The molecule has 4 atom stereocenters. The van der Waals surface area contributed by atoms with Crippen molar-refractivity contribution in [1.82, 2.24) is 0 Å². The Morgan fingerprint density at radius 3 is 2.60 bits per heavy atom. The van der Waals surface area contributed by atoms with E-state index >= 15 is 0 Å². The van der Waals surface area contributed by atoms with Gasteiger partial charge in [0, 0.05) is 28.3 Å². The number of halogens is 2. The zero-order chi connectivity index (χ0) is 22.2. The Kier molecular flexibility index (Phi) is 5.88. The number of primary amides is 1. The summed E-state index contributed by atoms with van der Waals surface area (Å²) in [7, 11) is 1.22. The number of aromatic nitrogens is 1. The predicted octanol–water partition coefficient (Wildman–Crippen LogP) is 1.74. The van der Waals surface area contributed by atoms with Crippen LogP contribution in [0.1, 0.15) is 35.8 Å². The first kappa shape index (κ1) is 21.4. The fraction of sp³-hybridized carbons (Fsp3) is 0.350. The Bertz CT molecular complexity index is 1000. The van der Waals surface area contributed by atoms with Gasteiger partial charge in [0.2, 0.25) is 12.0 Å². The Balaban J connectivity index is 1.95. The van der Waals surface area contributed by atoms with Gasteiger partial charge in [-0.25, -0.2) is 4.39 Å². The third-order valence-electron chi connectivity index (χ3n) is 5.35. The molecule has 2 heterocycles. The molecule has 0 aliphatic carbocycles. The Morgan fingerprint density at radius 1 is 1.27 bits per heavy atom. The van der Waals surface area contributed by atoms with E-state index in [1.54, 1.807) is 6.92 Å². The van der Waals surface area contributed by atoms with Gasteiger partial charge < -0.3 is 20.5 Å². The Morgan fingerprint density at radius 2 is 1.97 bits per heavy atom. The molecular formula is C20H22F2N3O5+. The molecule has 0 saturated carbocycles. The second-order valence-electron chi connectivity index (χ2n) is 7.13. The normalized spacial score (nSPS) is 23.2. The van der Waals surface area contributed by atoms with Crippen molar-refractivity contribution in [1.29, 1.82) is 0 Å². The first-order valence-electron chi connectivity index (χ1n) is 9.18. The monoisotopic (exact) mass is 422 g/mol. The van der Waals surface area contributed by atoms with Crippen LogP contribution in [0.3, 0.4) is 0 Å². The van der Waals surface area contributed by atoms with E-state index in [0.717, 1.165) is 12.3 Å². The van der Waals surface area contributed by atoms with Crippen LogP contribution in [-0.4, -0.2) is 36.3 Å². The highest BCUT2D eigenvalue weighted by Crippen LogP contribution is 2.44. The maximum absolute atomic E-state index is 14.3. The van der Waals surface area contributed by atoms with E-state index < -0.39 is 35.5 Å². The number of carbonyl (C=O) groups excluding carboxylic acids is 2. The van der Waals surface area contributed by atoms with Crippen LogP contribution in [0.15, 0.2) is 30.5 Å². The summed E-state index contributed by atoms with van der Waals surface area (Å²) < 4.78 is 39.3. The lowest BCUT2D eigenvalue weighted by atomic mass is 9.82. The summed E-state index contributed by atoms with van der Waals surface area (Å²) in [5.41, 5.74) is 5.47. The van der Waals surface area contributed by atoms with Crippen molar-refractivity contribution in [2.24, 2.45) is 11.7 Å². The van der Waals surface area contributed by atoms with Gasteiger partial charge in [0.1, 0.15) is 6.10 Å². The van der Waals surface area contributed by atoms with Gasteiger partial charge in [-0.2, -0.15) is 4.39 Å². The zero-order valence-electron chi connectivity index (χ0n) is 16.6. The molecule has 0 spiro atoms. The second-order valence-corrected chi connectivity index (χ2v) is 7.13. The van der Waals surface area contributed by atoms with E-state index in [2.05, 4.69) is 5.32 Å². The van der Waals surface area contributed by atoms with Gasteiger partial charge in [-0.3, -0.25) is 14.8 Å². The van der Waals surface area contributed by atoms with Crippen LogP contribution in [0.5, 0.6) is 5.75 Å². The molecule has 1 saturated heterocycles. The van der Waals surface area contributed by atoms with E-state index in [4.69, 9.17) is 15.2 Å². The third-order valence-corrected chi connectivity index (χ3v) is 5.35. The van der Waals surface area contributed by atoms with Crippen molar-refractivity contribution in [2.75, 3.05) is 12.4 Å². The summed E-state index contributed by atoms with van der Waals surface area (Å²) in [6.07, 6.45) is -0.237. The van der Waals surface area contributed by atoms with E-state index in [1.807, 2.05) is 6.92 Å². The summed E-state index contributed by atoms with van der Waals surface area (Å²) in [4.78, 5) is 24.4. The van der Waals surface area contributed by atoms with Gasteiger partial charge in [-0.1, -0.05) is 13.0 Å². The van der Waals surface area contributed by atoms with Crippen molar-refractivity contribution in [3.05, 3.63) is 53.4 Å². The molecule has 2 aromatic rings. The second kappa shape index (κ2) is 8.23. The van der Waals surface area contributed by atoms with Crippen LogP contribution in [0.2, 0.25) is 0 Å². The number of anilines is 1. The van der Waals surface area contributed by atoms with E-state index in [9.17, 15) is 23.6 Å². The van der Waals surface area contributed by atoms with E-state index in [1.165, 1.54) is 25.3 Å². The molecule has 1 aromatic heterocycles. The summed E-state index contributed by atoms with van der Waals surface area (Å²) in [5.74, 6) is -4.76. The molecule has 30 heavy (non-hydrogen) atoms. The standard InChI is InChI=1S/C20H21F2N3O5/c1-9-10(2)30-18(15(9)12-4-5-13(21)16(22)17(12)29-3)20(27)24-11-6-7-25(28)14(8-11)19(23)26/h4-10,15,18,28H,1-3H3,(H2,23,26)/p+1/t9-,10-,15+,18-/m1/s1. The number of nitrogens with one attached hydrogen (secondary N) is 1. The molecule has 3 rings (SSSR count). The lowest BCUT2D eigenvalue weighted by molar-refractivity contribution is -0.905. The minimum atomic E-state index is -1.14. The Hall–Kier alpha value is -3.27. The average Bonchev–Trinajstić information content (AvgIpc) is 3.00. The van der Waals surface area contributed by atoms with Crippen molar-refractivity contribution in [3.8, 4) is 5.75 Å². The highest BCUT2D eigenvalue weighted by Gasteiger charge is 2.46. The van der Waals surface area contributed by atoms with E-state index in [-0.39, 0.29) is 29.2 Å². The molecule has 10 heteroatoms. The molecule has 1 aliphatic heterocycles. The highest BCUT2D eigenvalue weighted by atomic mass is 19.2. The molecule has 1 aliphatic rings. The Labute approximate surface area is 171 Å². The number of ether oxygens (including phenoxy) is 2. The van der Waals surface area contributed by atoms with Crippen molar-refractivity contribution in [2.45, 2.75) is 32.0 Å². The summed E-state index contributed by atoms with van der Waals surface area (Å²) in [6, 6.07) is 4.92. The number of hydrogen-bond acceptors (Lipinski definition) is 5. The molecule has 0 bridgehead atoms. The van der Waals surface area contributed by atoms with Crippen LogP contribution in [0, 0.1) is 17.6 Å². The topological polar surface area (TPSA) is 115 Å². The largest absolute Gasteiger partial charge is 0.493 e. The molecule has 0 unspecified atom stereocenters. The molecule has 1 aromatic carbocycles. The van der Waals surface area contributed by atoms with Crippen molar-refractivity contribution < 1.29 is 37.8 Å². The van der Waals surface area contributed by atoms with Gasteiger partial charge in [-0.15, -0.1) is 0 Å². The molecule has 160 valence electrons. The minimum absolute atomic E-state index is 0.200. The van der Waals surface area contributed by atoms with Gasteiger partial charge in [-0.05, 0) is 18.9 Å². The molecule has 0 radical (unpaired) electrons. The lowest BCUT2D eigenvalue weighted by Crippen LogP contribution is -2.40. The summed E-state index contributed by atoms with van der Waals surface area (Å²) in [5, 5.41) is 12.2. The van der Waals surface area contributed by atoms with Crippen LogP contribution in [0.4, 0.5) is 14.5 Å². The number of pyridine rings is 1. The number of amides is 2. The average molecular weight is 422 g/mol. The smallest absolute Gasteiger partial charge is 0.323 e. The number of nitrogens with zero attached hydrogens (tertiary/aromatic N) is 1. The fourth-order valence-corrected chi connectivity index (χ4v) is 3.66. The maximum Gasteiger partial charge on any atom is 0.323 e. The number of benzene rings is 1. The fourth-order valence-electron chi connectivity index (χ4n) is 3.66. The SMILES string of the molecule is COc1c([C@@H]2[C@H](C)[C@@H](C)O[C@H]2C(=O)Nc2cc[n+](O)c(C(N)=O)c2)ccc(F)c1F. The van der Waals surface area contributed by atoms with Crippen LogP contribution >= 0.6 is 0 Å². The zero-order valence-corrected chi connectivity index (χ0v) is 16.6. The van der Waals surface area contributed by atoms with Crippen molar-refractivity contribution in [3.63, 3.8) is 0 Å². The molecular weight excluding hydrogens is 400 g/mol. The van der Waals surface area contributed by atoms with Crippen LogP contribution < -0.4 is 20.5 Å². The summed E-state index contributed by atoms with van der Waals surface area (Å²) >= 11 is 0. The first-order chi connectivity index (χ1) is 14.1. The number of hydrogen-bond donors (Lipinski definition) is 3. The quantitative estimate of drug-likeness (QED) is 0.502. The van der Waals surface area contributed by atoms with Gasteiger partial charge in [0.05, 0.1) is 18.9 Å². The van der Waals surface area contributed by atoms with Crippen LogP contribution in [-0.2, 0) is 9.53 Å². The van der Waals surface area contributed by atoms with E-state index in [0.29, 0.717) is 10.3 Å². The summed E-state index contributed by atoms with van der Waals surface area (Å²) in [6.45, 7) is 3.62. The third kappa shape index (κ3) is 3.78. The molecule has 1 fully saturated rings. The minimum Gasteiger partial charge on any atom is -0.493 e. The van der Waals surface area contributed by atoms with Crippen molar-refractivity contribution >= 4 is 17.5 Å². The molecule has 2 amide bonds. The number of rotatable bonds is 5. The number of carbonyl (C=O) groups is 2. The molecule has 4 N–H and O–H groups in total. The number of methoxy groups -OCH3 is 1. The highest BCUT2D eigenvalue weighted by molar-refractivity contribution is 5.96. The number of nitrogens with two attached hydrogens (primary N) is 1. The first-order valence-corrected chi connectivity index (χ1v) is 9.18. The van der Waals surface area contributed by atoms with Gasteiger partial charge in [0.25, 0.3) is 5.91 Å². The molecule has 8 nitrogen and oxygen atoms in total. The predicted molar refractivity (Wildman–Crippen MR) is 100 cm³/mol. The van der Waals surface area contributed by atoms with Gasteiger partial charge in [0.15, 0.2) is 11.6 Å². The van der Waals surface area contributed by atoms with Gasteiger partial charge >= 0.3 is 11.6 Å².